The molecule has 0 spiro atoms. The van der Waals surface area contributed by atoms with Crippen LogP contribution in [0, 0.1) is 12.8 Å². The summed E-state index contributed by atoms with van der Waals surface area (Å²) in [6, 6.07) is 7.19. The normalized spacial score (nSPS) is 25.8. The van der Waals surface area contributed by atoms with E-state index in [2.05, 4.69) is 15.1 Å². The van der Waals surface area contributed by atoms with Crippen molar-refractivity contribution >= 4 is 35.0 Å². The van der Waals surface area contributed by atoms with Crippen LogP contribution in [0.3, 0.4) is 0 Å². The Morgan fingerprint density at radius 1 is 1.00 bits per heavy atom. The molecule has 2 atom stereocenters. The molecule has 4 saturated heterocycles. The van der Waals surface area contributed by atoms with Gasteiger partial charge in [0.2, 0.25) is 17.7 Å². The van der Waals surface area contributed by atoms with E-state index in [1.54, 1.807) is 6.92 Å². The summed E-state index contributed by atoms with van der Waals surface area (Å²) < 4.78 is 0. The minimum absolute atomic E-state index is 0.0771. The third-order valence-corrected chi connectivity index (χ3v) is 10.0. The molecule has 3 amide bonds. The second-order valence-electron chi connectivity index (χ2n) is 12.4. The van der Waals surface area contributed by atoms with Crippen molar-refractivity contribution in [2.24, 2.45) is 5.92 Å². The smallest absolute Gasteiger partial charge is 0.234 e. The summed E-state index contributed by atoms with van der Waals surface area (Å²) in [6.07, 6.45) is 9.13. The first-order chi connectivity index (χ1) is 19.3. The zero-order valence-electron chi connectivity index (χ0n) is 24.2. The van der Waals surface area contributed by atoms with E-state index in [1.165, 1.54) is 25.7 Å². The second-order valence-corrected chi connectivity index (χ2v) is 12.8. The number of benzene rings is 1. The fraction of sp³-hybridized carbons (Fsp3) is 0.710. The van der Waals surface area contributed by atoms with Crippen molar-refractivity contribution in [3.05, 3.63) is 28.8 Å². The van der Waals surface area contributed by atoms with Gasteiger partial charge < -0.3 is 15.1 Å². The first-order valence-electron chi connectivity index (χ1n) is 15.4. The fourth-order valence-electron chi connectivity index (χ4n) is 7.36. The van der Waals surface area contributed by atoms with E-state index in [1.807, 2.05) is 34.9 Å². The number of likely N-dealkylation sites (tertiary alicyclic amines) is 2. The van der Waals surface area contributed by atoms with Gasteiger partial charge in [0, 0.05) is 67.9 Å². The molecule has 40 heavy (non-hydrogen) atoms. The highest BCUT2D eigenvalue weighted by atomic mass is 35.5. The number of rotatable bonds is 9. The standard InChI is InChI=1S/C31H46ClN5O3/c1-22-6-7-28(20-29(22)32)37(31(40)24-10-16-35(17-11-24)23(2)38)15-5-14-36-26-8-9-27(36)19-25(18-26)33-30(39)21-34-12-3-4-13-34/h6-7,20,24-27H,3-5,8-19,21H2,1-2H3,(H,33,39). The van der Waals surface area contributed by atoms with Crippen LogP contribution in [0.4, 0.5) is 5.69 Å². The summed E-state index contributed by atoms with van der Waals surface area (Å²) >= 11 is 6.48. The highest BCUT2D eigenvalue weighted by Crippen LogP contribution is 2.36. The molecule has 0 saturated carbocycles. The zero-order valence-corrected chi connectivity index (χ0v) is 25.0. The second kappa shape index (κ2) is 13.2. The van der Waals surface area contributed by atoms with Crippen LogP contribution < -0.4 is 10.2 Å². The minimum Gasteiger partial charge on any atom is -0.352 e. The number of carbonyl (C=O) groups excluding carboxylic acids is 3. The summed E-state index contributed by atoms with van der Waals surface area (Å²) in [4.78, 5) is 46.9. The maximum absolute atomic E-state index is 13.8. The number of aryl methyl sites for hydroxylation is 1. The Morgan fingerprint density at radius 2 is 1.68 bits per heavy atom. The largest absolute Gasteiger partial charge is 0.352 e. The van der Waals surface area contributed by atoms with Crippen LogP contribution >= 0.6 is 11.6 Å². The number of piperidine rings is 2. The van der Waals surface area contributed by atoms with Gasteiger partial charge in [-0.3, -0.25) is 24.2 Å². The number of amides is 3. The van der Waals surface area contributed by atoms with Crippen molar-refractivity contribution in [3.63, 3.8) is 0 Å². The molecule has 1 aromatic carbocycles. The Kier molecular flexibility index (Phi) is 9.69. The third-order valence-electron chi connectivity index (χ3n) is 9.64. The van der Waals surface area contributed by atoms with E-state index in [9.17, 15) is 14.4 Å². The Labute approximate surface area is 244 Å². The molecule has 0 aromatic heterocycles. The fourth-order valence-corrected chi connectivity index (χ4v) is 7.54. The Bertz CT molecular complexity index is 1060. The van der Waals surface area contributed by atoms with Crippen molar-refractivity contribution in [3.8, 4) is 0 Å². The first kappa shape index (κ1) is 29.3. The third kappa shape index (κ3) is 7.00. The zero-order chi connectivity index (χ0) is 28.2. The lowest BCUT2D eigenvalue weighted by atomic mass is 9.94. The molecule has 0 radical (unpaired) electrons. The monoisotopic (exact) mass is 571 g/mol. The maximum atomic E-state index is 13.8. The lowest BCUT2D eigenvalue weighted by molar-refractivity contribution is -0.133. The number of hydrogen-bond acceptors (Lipinski definition) is 5. The molecule has 2 unspecified atom stereocenters. The van der Waals surface area contributed by atoms with Gasteiger partial charge in [-0.2, -0.15) is 0 Å². The van der Waals surface area contributed by atoms with E-state index in [4.69, 9.17) is 11.6 Å². The topological polar surface area (TPSA) is 76.2 Å². The van der Waals surface area contributed by atoms with Crippen molar-refractivity contribution < 1.29 is 14.4 Å². The van der Waals surface area contributed by atoms with E-state index in [-0.39, 0.29) is 29.7 Å². The average molecular weight is 572 g/mol. The van der Waals surface area contributed by atoms with E-state index >= 15 is 0 Å². The van der Waals surface area contributed by atoms with Gasteiger partial charge in [0.25, 0.3) is 0 Å². The number of carbonyl (C=O) groups is 3. The van der Waals surface area contributed by atoms with Crippen LogP contribution in [0.25, 0.3) is 0 Å². The lowest BCUT2D eigenvalue weighted by Gasteiger charge is -2.40. The van der Waals surface area contributed by atoms with Gasteiger partial charge in [-0.25, -0.2) is 0 Å². The van der Waals surface area contributed by atoms with Crippen LogP contribution in [0.1, 0.15) is 70.3 Å². The Hall–Kier alpha value is -2.16. The number of hydrogen-bond donors (Lipinski definition) is 1. The molecular weight excluding hydrogens is 526 g/mol. The molecule has 1 aromatic rings. The van der Waals surface area contributed by atoms with Gasteiger partial charge in [0.15, 0.2) is 0 Å². The van der Waals surface area contributed by atoms with Crippen molar-refractivity contribution in [1.82, 2.24) is 20.0 Å². The van der Waals surface area contributed by atoms with Crippen LogP contribution in [0.15, 0.2) is 18.2 Å². The number of nitrogens with one attached hydrogen (secondary N) is 1. The summed E-state index contributed by atoms with van der Waals surface area (Å²) in [7, 11) is 0. The molecule has 8 nitrogen and oxygen atoms in total. The number of fused-ring (bicyclic) bond motifs is 2. The molecule has 9 heteroatoms. The van der Waals surface area contributed by atoms with Crippen LogP contribution in [0.2, 0.25) is 5.02 Å². The molecule has 4 fully saturated rings. The van der Waals surface area contributed by atoms with Crippen molar-refractivity contribution in [1.29, 1.82) is 0 Å². The predicted molar refractivity (Wildman–Crippen MR) is 158 cm³/mol. The Balaban J connectivity index is 1.16. The van der Waals surface area contributed by atoms with E-state index in [0.29, 0.717) is 56.1 Å². The molecule has 5 rings (SSSR count). The first-order valence-corrected chi connectivity index (χ1v) is 15.8. The number of anilines is 1. The van der Waals surface area contributed by atoms with E-state index < -0.39 is 0 Å². The van der Waals surface area contributed by atoms with Gasteiger partial charge in [-0.15, -0.1) is 0 Å². The minimum atomic E-state index is -0.0771. The summed E-state index contributed by atoms with van der Waals surface area (Å²) in [5, 5.41) is 4.01. The molecule has 4 aliphatic heterocycles. The number of halogens is 1. The Morgan fingerprint density at radius 3 is 2.30 bits per heavy atom. The highest BCUT2D eigenvalue weighted by Gasteiger charge is 2.41. The molecule has 2 bridgehead atoms. The van der Waals surface area contributed by atoms with E-state index in [0.717, 1.165) is 50.1 Å². The number of nitrogens with zero attached hydrogens (tertiary/aromatic N) is 4. The van der Waals surface area contributed by atoms with Crippen molar-refractivity contribution in [2.45, 2.75) is 89.8 Å². The molecule has 4 heterocycles. The van der Waals surface area contributed by atoms with Gasteiger partial charge in [-0.05, 0) is 95.5 Å². The lowest BCUT2D eigenvalue weighted by Crippen LogP contribution is -2.52. The quantitative estimate of drug-likeness (QED) is 0.487. The highest BCUT2D eigenvalue weighted by molar-refractivity contribution is 6.31. The van der Waals surface area contributed by atoms with Gasteiger partial charge in [-0.1, -0.05) is 17.7 Å². The summed E-state index contributed by atoms with van der Waals surface area (Å²) in [6.45, 7) is 9.09. The SMILES string of the molecule is CC(=O)N1CCC(C(=O)N(CCCN2C3CCC2CC(NC(=O)CN2CCCC2)C3)c2ccc(C)c(Cl)c2)CC1. The summed E-state index contributed by atoms with van der Waals surface area (Å²) in [5.41, 5.74) is 1.86. The van der Waals surface area contributed by atoms with Crippen molar-refractivity contribution in [2.75, 3.05) is 50.7 Å². The molecule has 0 aliphatic carbocycles. The molecule has 220 valence electrons. The van der Waals surface area contributed by atoms with Gasteiger partial charge in [0.05, 0.1) is 6.54 Å². The van der Waals surface area contributed by atoms with Crippen LogP contribution in [0.5, 0.6) is 0 Å². The van der Waals surface area contributed by atoms with Gasteiger partial charge in [0.1, 0.15) is 0 Å². The predicted octanol–water partition coefficient (Wildman–Crippen LogP) is 3.84. The molecule has 4 aliphatic rings. The maximum Gasteiger partial charge on any atom is 0.234 e. The summed E-state index contributed by atoms with van der Waals surface area (Å²) in [5.74, 6) is 0.328. The average Bonchev–Trinajstić information content (AvgIpc) is 3.52. The molecular formula is C31H46ClN5O3. The molecule has 1 N–H and O–H groups in total. The van der Waals surface area contributed by atoms with Gasteiger partial charge >= 0.3 is 0 Å². The van der Waals surface area contributed by atoms with Crippen LogP contribution in [-0.4, -0.2) is 96.4 Å². The van der Waals surface area contributed by atoms with Crippen LogP contribution in [-0.2, 0) is 14.4 Å².